The van der Waals surface area contributed by atoms with Crippen LogP contribution < -0.4 is 5.32 Å². The molecule has 1 aromatic heterocycles. The van der Waals surface area contributed by atoms with Crippen molar-refractivity contribution in [3.63, 3.8) is 0 Å². The quantitative estimate of drug-likeness (QED) is 0.629. The molecule has 1 aromatic carbocycles. The third-order valence-corrected chi connectivity index (χ3v) is 5.67. The van der Waals surface area contributed by atoms with Gasteiger partial charge in [0.1, 0.15) is 10.9 Å². The van der Waals surface area contributed by atoms with Gasteiger partial charge in [0.25, 0.3) is 0 Å². The van der Waals surface area contributed by atoms with Crippen molar-refractivity contribution in [2.24, 2.45) is 0 Å². The predicted molar refractivity (Wildman–Crippen MR) is 95.2 cm³/mol. The second-order valence-corrected chi connectivity index (χ2v) is 7.19. The second kappa shape index (κ2) is 7.04. The highest BCUT2D eigenvalue weighted by Crippen LogP contribution is 2.40. The van der Waals surface area contributed by atoms with Crippen molar-refractivity contribution in [3.05, 3.63) is 50.9 Å². The Morgan fingerprint density at radius 3 is 2.65 bits per heavy atom. The van der Waals surface area contributed by atoms with Crippen molar-refractivity contribution in [2.45, 2.75) is 25.7 Å². The molecule has 2 aromatic rings. The van der Waals surface area contributed by atoms with E-state index in [0.29, 0.717) is 21.2 Å². The summed E-state index contributed by atoms with van der Waals surface area (Å²) >= 11 is 13.2. The minimum absolute atomic E-state index is 0.137. The van der Waals surface area contributed by atoms with Crippen LogP contribution in [0, 0.1) is 0 Å². The van der Waals surface area contributed by atoms with Crippen LogP contribution in [0.15, 0.2) is 24.3 Å². The van der Waals surface area contributed by atoms with E-state index in [0.717, 1.165) is 31.2 Å². The number of carbonyl (C=O) groups excluding carboxylic acids is 2. The van der Waals surface area contributed by atoms with Crippen molar-refractivity contribution < 1.29 is 9.59 Å². The van der Waals surface area contributed by atoms with Gasteiger partial charge in [0.05, 0.1) is 10.6 Å². The Morgan fingerprint density at radius 2 is 1.91 bits per heavy atom. The van der Waals surface area contributed by atoms with Crippen molar-refractivity contribution in [1.82, 2.24) is 0 Å². The Morgan fingerprint density at radius 1 is 1.17 bits per heavy atom. The van der Waals surface area contributed by atoms with Crippen LogP contribution in [-0.4, -0.2) is 17.6 Å². The molecule has 1 amide bonds. The van der Waals surface area contributed by atoms with Gasteiger partial charge in [-0.05, 0) is 43.4 Å². The SMILES string of the molecule is O=C(CCl)Nc1sc2c(c1C(=O)c1ccccc1Cl)CCCC2. The lowest BCUT2D eigenvalue weighted by Gasteiger charge is -2.13. The Kier molecular flexibility index (Phi) is 5.05. The van der Waals surface area contributed by atoms with Gasteiger partial charge < -0.3 is 5.32 Å². The smallest absolute Gasteiger partial charge is 0.239 e. The van der Waals surface area contributed by atoms with E-state index in [4.69, 9.17) is 23.2 Å². The van der Waals surface area contributed by atoms with Crippen LogP contribution in [0.25, 0.3) is 0 Å². The summed E-state index contributed by atoms with van der Waals surface area (Å²) in [5.41, 5.74) is 2.09. The van der Waals surface area contributed by atoms with E-state index in [1.54, 1.807) is 24.3 Å². The second-order valence-electron chi connectivity index (χ2n) is 5.41. The molecule has 1 aliphatic rings. The van der Waals surface area contributed by atoms with Crippen LogP contribution >= 0.6 is 34.5 Å². The molecule has 6 heteroatoms. The summed E-state index contributed by atoms with van der Waals surface area (Å²) in [5, 5.41) is 3.78. The zero-order valence-corrected chi connectivity index (χ0v) is 14.7. The van der Waals surface area contributed by atoms with Crippen LogP contribution in [0.1, 0.15) is 39.2 Å². The largest absolute Gasteiger partial charge is 0.316 e. The first kappa shape index (κ1) is 16.5. The van der Waals surface area contributed by atoms with Gasteiger partial charge in [0.15, 0.2) is 5.78 Å². The normalized spacial score (nSPS) is 13.5. The zero-order valence-electron chi connectivity index (χ0n) is 12.3. The maximum Gasteiger partial charge on any atom is 0.239 e. The molecule has 1 heterocycles. The molecular weight excluding hydrogens is 353 g/mol. The molecule has 0 fully saturated rings. The molecule has 0 aliphatic heterocycles. The maximum absolute atomic E-state index is 13.0. The van der Waals surface area contributed by atoms with Gasteiger partial charge in [-0.2, -0.15) is 0 Å². The summed E-state index contributed by atoms with van der Waals surface area (Å²) in [4.78, 5) is 25.9. The number of ketones is 1. The van der Waals surface area contributed by atoms with Gasteiger partial charge >= 0.3 is 0 Å². The van der Waals surface area contributed by atoms with Gasteiger partial charge in [-0.25, -0.2) is 0 Å². The monoisotopic (exact) mass is 367 g/mol. The molecule has 3 rings (SSSR count). The molecule has 1 N–H and O–H groups in total. The Balaban J connectivity index is 2.09. The fraction of sp³-hybridized carbons (Fsp3) is 0.294. The molecule has 1 aliphatic carbocycles. The van der Waals surface area contributed by atoms with E-state index in [9.17, 15) is 9.59 Å². The molecule has 0 radical (unpaired) electrons. The Labute approximate surface area is 148 Å². The lowest BCUT2D eigenvalue weighted by Crippen LogP contribution is -2.15. The lowest BCUT2D eigenvalue weighted by molar-refractivity contribution is -0.113. The predicted octanol–water partition coefficient (Wildman–Crippen LogP) is 4.69. The van der Waals surface area contributed by atoms with Crippen LogP contribution in [0.2, 0.25) is 5.02 Å². The first-order chi connectivity index (χ1) is 11.1. The zero-order chi connectivity index (χ0) is 16.4. The summed E-state index contributed by atoms with van der Waals surface area (Å²) < 4.78 is 0. The third-order valence-electron chi connectivity index (χ3n) is 3.89. The summed E-state index contributed by atoms with van der Waals surface area (Å²) in [7, 11) is 0. The van der Waals surface area contributed by atoms with Gasteiger partial charge in [0, 0.05) is 10.4 Å². The number of amides is 1. The number of carbonyl (C=O) groups is 2. The highest BCUT2D eigenvalue weighted by atomic mass is 35.5. The summed E-state index contributed by atoms with van der Waals surface area (Å²) in [6.45, 7) is 0. The number of rotatable bonds is 4. The Hall–Kier alpha value is -1.36. The average molecular weight is 368 g/mol. The van der Waals surface area contributed by atoms with Gasteiger partial charge in [-0.1, -0.05) is 23.7 Å². The van der Waals surface area contributed by atoms with E-state index < -0.39 is 0 Å². The number of anilines is 1. The minimum atomic E-state index is -0.307. The van der Waals surface area contributed by atoms with Crippen molar-refractivity contribution in [2.75, 3.05) is 11.2 Å². The molecule has 120 valence electrons. The van der Waals surface area contributed by atoms with E-state index >= 15 is 0 Å². The topological polar surface area (TPSA) is 46.2 Å². The fourth-order valence-electron chi connectivity index (χ4n) is 2.83. The number of hydrogen-bond donors (Lipinski definition) is 1. The van der Waals surface area contributed by atoms with Crippen LogP contribution in [0.4, 0.5) is 5.00 Å². The van der Waals surface area contributed by atoms with E-state index in [1.807, 2.05) is 0 Å². The number of nitrogens with one attached hydrogen (secondary N) is 1. The molecule has 0 bridgehead atoms. The van der Waals surface area contributed by atoms with E-state index in [-0.39, 0.29) is 17.6 Å². The van der Waals surface area contributed by atoms with Crippen LogP contribution in [0.3, 0.4) is 0 Å². The van der Waals surface area contributed by atoms with Gasteiger partial charge in [0.2, 0.25) is 5.91 Å². The Bertz CT molecular complexity index is 770. The number of alkyl halides is 1. The number of benzene rings is 1. The van der Waals surface area contributed by atoms with Crippen molar-refractivity contribution in [3.8, 4) is 0 Å². The first-order valence-corrected chi connectivity index (χ1v) is 9.14. The molecule has 3 nitrogen and oxygen atoms in total. The molecule has 0 atom stereocenters. The highest BCUT2D eigenvalue weighted by Gasteiger charge is 2.27. The molecule has 0 saturated carbocycles. The number of fused-ring (bicyclic) bond motifs is 1. The standard InChI is InChI=1S/C17H15Cl2NO2S/c18-9-14(21)20-17-15(11-6-2-4-8-13(11)23-17)16(22)10-5-1-3-7-12(10)19/h1,3,5,7H,2,4,6,8-9H2,(H,20,21). The first-order valence-electron chi connectivity index (χ1n) is 7.41. The van der Waals surface area contributed by atoms with Gasteiger partial charge in [-0.15, -0.1) is 22.9 Å². The third kappa shape index (κ3) is 3.30. The van der Waals surface area contributed by atoms with Crippen LogP contribution in [0.5, 0.6) is 0 Å². The average Bonchev–Trinajstić information content (AvgIpc) is 2.92. The molecule has 0 spiro atoms. The molecule has 0 saturated heterocycles. The lowest BCUT2D eigenvalue weighted by atomic mass is 9.92. The summed E-state index contributed by atoms with van der Waals surface area (Å²) in [6, 6.07) is 6.99. The summed E-state index contributed by atoms with van der Waals surface area (Å²) in [6.07, 6.45) is 3.96. The number of thiophene rings is 1. The van der Waals surface area contributed by atoms with Crippen LogP contribution in [-0.2, 0) is 17.6 Å². The summed E-state index contributed by atoms with van der Waals surface area (Å²) in [5.74, 6) is -0.583. The highest BCUT2D eigenvalue weighted by molar-refractivity contribution is 7.17. The molecular formula is C17H15Cl2NO2S. The minimum Gasteiger partial charge on any atom is -0.316 e. The number of halogens is 2. The van der Waals surface area contributed by atoms with Crippen molar-refractivity contribution in [1.29, 1.82) is 0 Å². The van der Waals surface area contributed by atoms with Gasteiger partial charge in [-0.3, -0.25) is 9.59 Å². The van der Waals surface area contributed by atoms with E-state index in [1.165, 1.54) is 16.2 Å². The maximum atomic E-state index is 13.0. The number of hydrogen-bond acceptors (Lipinski definition) is 3. The molecule has 23 heavy (non-hydrogen) atoms. The fourth-order valence-corrected chi connectivity index (χ4v) is 4.43. The molecule has 0 unspecified atom stereocenters. The number of aryl methyl sites for hydroxylation is 1. The van der Waals surface area contributed by atoms with Crippen molar-refractivity contribution >= 4 is 51.2 Å². The van der Waals surface area contributed by atoms with E-state index in [2.05, 4.69) is 5.32 Å².